The first-order valence-corrected chi connectivity index (χ1v) is 6.32. The number of carbonyl (C=O) groups is 1. The molecule has 5 heteroatoms. The number of carboxylic acids is 1. The predicted octanol–water partition coefficient (Wildman–Crippen LogP) is 2.50. The Hall–Kier alpha value is -1.75. The zero-order valence-electron chi connectivity index (χ0n) is 12.6. The monoisotopic (exact) mass is 282 g/mol. The third-order valence-electron chi connectivity index (χ3n) is 3.27. The van der Waals surface area contributed by atoms with Crippen LogP contribution in [-0.4, -0.2) is 32.4 Å². The van der Waals surface area contributed by atoms with Crippen LogP contribution in [0.2, 0.25) is 0 Å². The predicted molar refractivity (Wildman–Crippen MR) is 75.4 cm³/mol. The molecule has 0 radical (unpaired) electrons. The van der Waals surface area contributed by atoms with E-state index in [4.69, 9.17) is 14.2 Å². The van der Waals surface area contributed by atoms with Crippen molar-refractivity contribution in [3.63, 3.8) is 0 Å². The first kappa shape index (κ1) is 16.3. The molecule has 1 aromatic carbocycles. The summed E-state index contributed by atoms with van der Waals surface area (Å²) in [5.74, 6) is 0.460. The Kier molecular flexibility index (Phi) is 5.39. The molecular formula is C15H22O5. The second kappa shape index (κ2) is 6.61. The quantitative estimate of drug-likeness (QED) is 0.832. The van der Waals surface area contributed by atoms with E-state index < -0.39 is 11.4 Å². The maximum Gasteiger partial charge on any atom is 0.309 e. The Morgan fingerprint density at radius 1 is 1.10 bits per heavy atom. The molecule has 0 aliphatic heterocycles. The summed E-state index contributed by atoms with van der Waals surface area (Å²) >= 11 is 0. The fraction of sp³-hybridized carbons (Fsp3) is 0.533. The average Bonchev–Trinajstić information content (AvgIpc) is 2.40. The molecule has 20 heavy (non-hydrogen) atoms. The van der Waals surface area contributed by atoms with E-state index in [1.165, 1.54) is 0 Å². The maximum atomic E-state index is 11.3. The second-order valence-electron chi connectivity index (χ2n) is 5.23. The van der Waals surface area contributed by atoms with Crippen LogP contribution in [-0.2, 0) is 22.6 Å². The maximum absolute atomic E-state index is 11.3. The summed E-state index contributed by atoms with van der Waals surface area (Å²) in [5, 5.41) is 9.31. The van der Waals surface area contributed by atoms with Crippen molar-refractivity contribution in [1.82, 2.24) is 0 Å². The van der Waals surface area contributed by atoms with E-state index in [1.807, 2.05) is 0 Å². The van der Waals surface area contributed by atoms with Crippen molar-refractivity contribution in [2.24, 2.45) is 5.41 Å². The molecule has 0 fully saturated rings. The minimum Gasteiger partial charge on any atom is -0.496 e. The van der Waals surface area contributed by atoms with Gasteiger partial charge >= 0.3 is 5.97 Å². The van der Waals surface area contributed by atoms with E-state index in [0.717, 1.165) is 11.1 Å². The van der Waals surface area contributed by atoms with Gasteiger partial charge < -0.3 is 19.3 Å². The van der Waals surface area contributed by atoms with Crippen molar-refractivity contribution in [3.8, 4) is 11.5 Å². The summed E-state index contributed by atoms with van der Waals surface area (Å²) in [5.41, 5.74) is 0.729. The standard InChI is InChI=1S/C15H22O5/c1-15(2,14(16)17)8-10-11(9-18-3)13(20-5)7-6-12(10)19-4/h6-7H,8-9H2,1-5H3,(H,16,17). The van der Waals surface area contributed by atoms with Gasteiger partial charge in [-0.1, -0.05) is 0 Å². The fourth-order valence-electron chi connectivity index (χ4n) is 2.05. The van der Waals surface area contributed by atoms with Crippen molar-refractivity contribution in [1.29, 1.82) is 0 Å². The SMILES string of the molecule is COCc1c(OC)ccc(OC)c1CC(C)(C)C(=O)O. The van der Waals surface area contributed by atoms with Crippen LogP contribution in [0.25, 0.3) is 0 Å². The number of rotatable bonds is 7. The fourth-order valence-corrected chi connectivity index (χ4v) is 2.05. The van der Waals surface area contributed by atoms with Gasteiger partial charge in [0, 0.05) is 18.2 Å². The van der Waals surface area contributed by atoms with Gasteiger partial charge in [-0.05, 0) is 32.4 Å². The third kappa shape index (κ3) is 3.42. The Bertz CT molecular complexity index is 479. The van der Waals surface area contributed by atoms with E-state index in [9.17, 15) is 9.90 Å². The van der Waals surface area contributed by atoms with E-state index in [2.05, 4.69) is 0 Å². The summed E-state index contributed by atoms with van der Waals surface area (Å²) in [7, 11) is 4.73. The lowest BCUT2D eigenvalue weighted by molar-refractivity contribution is -0.146. The molecular weight excluding hydrogens is 260 g/mol. The number of hydrogen-bond donors (Lipinski definition) is 1. The highest BCUT2D eigenvalue weighted by molar-refractivity contribution is 5.74. The highest BCUT2D eigenvalue weighted by Gasteiger charge is 2.30. The average molecular weight is 282 g/mol. The van der Waals surface area contributed by atoms with Gasteiger partial charge in [-0.2, -0.15) is 0 Å². The van der Waals surface area contributed by atoms with E-state index in [0.29, 0.717) is 24.5 Å². The minimum atomic E-state index is -0.901. The molecule has 0 bridgehead atoms. The van der Waals surface area contributed by atoms with E-state index >= 15 is 0 Å². The van der Waals surface area contributed by atoms with Crippen LogP contribution in [0.15, 0.2) is 12.1 Å². The first-order valence-electron chi connectivity index (χ1n) is 6.32. The lowest BCUT2D eigenvalue weighted by Crippen LogP contribution is -2.27. The van der Waals surface area contributed by atoms with Gasteiger partial charge in [0.25, 0.3) is 0 Å². The van der Waals surface area contributed by atoms with Crippen LogP contribution in [0.4, 0.5) is 0 Å². The van der Waals surface area contributed by atoms with Crippen LogP contribution in [0.5, 0.6) is 11.5 Å². The second-order valence-corrected chi connectivity index (χ2v) is 5.23. The molecule has 0 atom stereocenters. The normalized spacial score (nSPS) is 11.2. The van der Waals surface area contributed by atoms with Crippen LogP contribution in [0, 0.1) is 5.41 Å². The highest BCUT2D eigenvalue weighted by Crippen LogP contribution is 2.36. The lowest BCUT2D eigenvalue weighted by atomic mass is 9.83. The number of methoxy groups -OCH3 is 3. The molecule has 0 unspecified atom stereocenters. The number of ether oxygens (including phenoxy) is 3. The summed E-state index contributed by atoms with van der Waals surface area (Å²) in [6.45, 7) is 3.71. The van der Waals surface area contributed by atoms with Gasteiger partial charge in [-0.25, -0.2) is 0 Å². The minimum absolute atomic E-state index is 0.335. The molecule has 0 aliphatic rings. The molecule has 1 N–H and O–H groups in total. The van der Waals surface area contributed by atoms with Crippen molar-refractivity contribution < 1.29 is 24.1 Å². The van der Waals surface area contributed by atoms with Gasteiger partial charge in [-0.15, -0.1) is 0 Å². The molecule has 0 saturated heterocycles. The van der Waals surface area contributed by atoms with Gasteiger partial charge in [0.1, 0.15) is 11.5 Å². The van der Waals surface area contributed by atoms with E-state index in [1.54, 1.807) is 47.3 Å². The summed E-state index contributed by atoms with van der Waals surface area (Å²) in [4.78, 5) is 11.3. The first-order chi connectivity index (χ1) is 9.37. The zero-order valence-corrected chi connectivity index (χ0v) is 12.6. The molecule has 0 saturated carbocycles. The van der Waals surface area contributed by atoms with E-state index in [-0.39, 0.29) is 0 Å². The summed E-state index contributed by atoms with van der Waals surface area (Å²) < 4.78 is 15.9. The summed E-state index contributed by atoms with van der Waals surface area (Å²) in [6, 6.07) is 3.58. The Labute approximate surface area is 119 Å². The van der Waals surface area contributed by atoms with Crippen molar-refractivity contribution in [2.45, 2.75) is 26.9 Å². The van der Waals surface area contributed by atoms with Crippen LogP contribution in [0.1, 0.15) is 25.0 Å². The molecule has 0 spiro atoms. The Morgan fingerprint density at radius 2 is 1.60 bits per heavy atom. The lowest BCUT2D eigenvalue weighted by Gasteiger charge is -2.23. The number of aliphatic carboxylic acids is 1. The van der Waals surface area contributed by atoms with Crippen molar-refractivity contribution >= 4 is 5.97 Å². The molecule has 0 aromatic heterocycles. The number of benzene rings is 1. The van der Waals surface area contributed by atoms with Crippen LogP contribution >= 0.6 is 0 Å². The molecule has 0 aliphatic carbocycles. The highest BCUT2D eigenvalue weighted by atomic mass is 16.5. The Balaban J connectivity index is 3.35. The molecule has 1 rings (SSSR count). The van der Waals surface area contributed by atoms with Crippen molar-refractivity contribution in [2.75, 3.05) is 21.3 Å². The molecule has 112 valence electrons. The van der Waals surface area contributed by atoms with Crippen LogP contribution < -0.4 is 9.47 Å². The third-order valence-corrected chi connectivity index (χ3v) is 3.27. The van der Waals surface area contributed by atoms with Crippen LogP contribution in [0.3, 0.4) is 0 Å². The topological polar surface area (TPSA) is 65.0 Å². The van der Waals surface area contributed by atoms with Gasteiger partial charge in [0.2, 0.25) is 0 Å². The zero-order chi connectivity index (χ0) is 15.3. The van der Waals surface area contributed by atoms with Crippen molar-refractivity contribution in [3.05, 3.63) is 23.3 Å². The van der Waals surface area contributed by atoms with Gasteiger partial charge in [-0.3, -0.25) is 4.79 Å². The number of hydrogen-bond acceptors (Lipinski definition) is 4. The largest absolute Gasteiger partial charge is 0.496 e. The molecule has 5 nitrogen and oxygen atoms in total. The molecule has 0 amide bonds. The van der Waals surface area contributed by atoms with Gasteiger partial charge in [0.05, 0.1) is 26.2 Å². The van der Waals surface area contributed by atoms with Gasteiger partial charge in [0.15, 0.2) is 0 Å². The smallest absolute Gasteiger partial charge is 0.309 e. The molecule has 1 aromatic rings. The molecule has 0 heterocycles. The number of carboxylic acid groups (broad SMARTS) is 1. The summed E-state index contributed by atoms with van der Waals surface area (Å²) in [6.07, 6.45) is 0.335. The Morgan fingerprint density at radius 3 is 2.00 bits per heavy atom.